The lowest BCUT2D eigenvalue weighted by Gasteiger charge is -2.29. The molecule has 1 saturated carbocycles. The fraction of sp³-hybridized carbons (Fsp3) is 0.370. The number of aromatic nitrogens is 2. The van der Waals surface area contributed by atoms with Gasteiger partial charge in [-0.1, -0.05) is 24.3 Å². The second-order valence-electron chi connectivity index (χ2n) is 9.48. The van der Waals surface area contributed by atoms with E-state index >= 15 is 0 Å². The van der Waals surface area contributed by atoms with Crippen molar-refractivity contribution < 1.29 is 9.53 Å². The zero-order chi connectivity index (χ0) is 25.2. The fourth-order valence-corrected chi connectivity index (χ4v) is 4.45. The molecule has 4 N–H and O–H groups in total. The molecule has 1 aliphatic rings. The van der Waals surface area contributed by atoms with Crippen LogP contribution in [0.15, 0.2) is 53.6 Å². The molecule has 8 heteroatoms. The largest absolute Gasteiger partial charge is 0.492 e. The Balaban J connectivity index is 1.74. The number of para-hydroxylation sites is 1. The second-order valence-corrected chi connectivity index (χ2v) is 9.48. The third kappa shape index (κ3) is 5.07. The quantitative estimate of drug-likeness (QED) is 0.387. The highest BCUT2D eigenvalue weighted by atomic mass is 16.5. The van der Waals surface area contributed by atoms with Gasteiger partial charge in [0.05, 0.1) is 11.2 Å². The summed E-state index contributed by atoms with van der Waals surface area (Å²) in [5, 5.41) is 6.41. The smallest absolute Gasteiger partial charge is 0.297 e. The molecule has 0 radical (unpaired) electrons. The standard InChI is InChI=1S/C27H33N5O3/c1-17-9-12-19(24(28)33)22(18-10-11-18)23(17)32-15-13-30-25(26(32)34)31-27(2,3)20-7-5-6-8-21(20)35-16-14-29-4/h5-9,12-13,15,18,29H,10-11,14,16H2,1-4H3,(H2,28,33)(H,30,31). The predicted octanol–water partition coefficient (Wildman–Crippen LogP) is 3.46. The molecular formula is C27H33N5O3. The van der Waals surface area contributed by atoms with Crippen molar-refractivity contribution in [1.29, 1.82) is 0 Å². The van der Waals surface area contributed by atoms with Gasteiger partial charge in [0.1, 0.15) is 12.4 Å². The first kappa shape index (κ1) is 24.5. The first-order valence-corrected chi connectivity index (χ1v) is 11.9. The Morgan fingerprint density at radius 2 is 1.97 bits per heavy atom. The van der Waals surface area contributed by atoms with Crippen LogP contribution in [0.1, 0.15) is 59.7 Å². The van der Waals surface area contributed by atoms with Gasteiger partial charge in [0.15, 0.2) is 5.82 Å². The third-order valence-corrected chi connectivity index (χ3v) is 6.35. The minimum atomic E-state index is -0.648. The predicted molar refractivity (Wildman–Crippen MR) is 138 cm³/mol. The van der Waals surface area contributed by atoms with Gasteiger partial charge in [-0.2, -0.15) is 0 Å². The van der Waals surface area contributed by atoms with E-state index < -0.39 is 11.4 Å². The maximum Gasteiger partial charge on any atom is 0.297 e. The molecule has 1 fully saturated rings. The van der Waals surface area contributed by atoms with E-state index in [1.54, 1.807) is 23.0 Å². The molecule has 3 aromatic rings. The van der Waals surface area contributed by atoms with Crippen LogP contribution in [-0.2, 0) is 5.54 Å². The SMILES string of the molecule is CNCCOc1ccccc1C(C)(C)Nc1nccn(-c2c(C)ccc(C(N)=O)c2C2CC2)c1=O. The van der Waals surface area contributed by atoms with Gasteiger partial charge >= 0.3 is 0 Å². The Bertz CT molecular complexity index is 1290. The van der Waals surface area contributed by atoms with Crippen molar-refractivity contribution in [2.45, 2.75) is 45.1 Å². The Morgan fingerprint density at radius 3 is 2.66 bits per heavy atom. The first-order chi connectivity index (χ1) is 16.7. The molecule has 0 aliphatic heterocycles. The van der Waals surface area contributed by atoms with Crippen LogP contribution in [0, 0.1) is 6.92 Å². The molecule has 1 amide bonds. The van der Waals surface area contributed by atoms with Gasteiger partial charge in [0, 0.05) is 30.1 Å². The van der Waals surface area contributed by atoms with E-state index in [2.05, 4.69) is 15.6 Å². The van der Waals surface area contributed by atoms with Crippen LogP contribution in [-0.4, -0.2) is 35.7 Å². The molecular weight excluding hydrogens is 442 g/mol. The summed E-state index contributed by atoms with van der Waals surface area (Å²) < 4.78 is 7.55. The number of rotatable bonds is 10. The van der Waals surface area contributed by atoms with E-state index in [4.69, 9.17) is 10.5 Å². The van der Waals surface area contributed by atoms with Gasteiger partial charge < -0.3 is 21.1 Å². The highest BCUT2D eigenvalue weighted by Crippen LogP contribution is 2.45. The van der Waals surface area contributed by atoms with Gasteiger partial charge in [0.25, 0.3) is 5.56 Å². The number of hydrogen-bond donors (Lipinski definition) is 3. The summed E-state index contributed by atoms with van der Waals surface area (Å²) in [7, 11) is 1.88. The number of carbonyl (C=O) groups is 1. The highest BCUT2D eigenvalue weighted by Gasteiger charge is 2.32. The van der Waals surface area contributed by atoms with Gasteiger partial charge in [0.2, 0.25) is 5.91 Å². The number of amides is 1. The molecule has 35 heavy (non-hydrogen) atoms. The molecule has 1 aromatic heterocycles. The van der Waals surface area contributed by atoms with Crippen molar-refractivity contribution in [2.24, 2.45) is 5.73 Å². The topological polar surface area (TPSA) is 111 Å². The summed E-state index contributed by atoms with van der Waals surface area (Å²) in [6.07, 6.45) is 5.19. The molecule has 4 rings (SSSR count). The van der Waals surface area contributed by atoms with Crippen LogP contribution >= 0.6 is 0 Å². The van der Waals surface area contributed by atoms with E-state index in [0.29, 0.717) is 17.9 Å². The number of carbonyl (C=O) groups excluding carboxylic acids is 1. The number of hydrogen-bond acceptors (Lipinski definition) is 6. The molecule has 0 atom stereocenters. The minimum absolute atomic E-state index is 0.216. The Labute approximate surface area is 205 Å². The number of primary amides is 1. The second kappa shape index (κ2) is 9.92. The van der Waals surface area contributed by atoms with Gasteiger partial charge in [-0.15, -0.1) is 0 Å². The number of nitrogens with zero attached hydrogens (tertiary/aromatic N) is 2. The summed E-state index contributed by atoms with van der Waals surface area (Å²) in [6.45, 7) is 7.16. The van der Waals surface area contributed by atoms with Gasteiger partial charge in [-0.25, -0.2) is 4.98 Å². The van der Waals surface area contributed by atoms with Crippen LogP contribution in [0.5, 0.6) is 5.75 Å². The van der Waals surface area contributed by atoms with Crippen molar-refractivity contribution in [3.63, 3.8) is 0 Å². The third-order valence-electron chi connectivity index (χ3n) is 6.35. The van der Waals surface area contributed by atoms with Crippen LogP contribution < -0.4 is 26.7 Å². The fourth-order valence-electron chi connectivity index (χ4n) is 4.45. The Kier molecular flexibility index (Phi) is 6.93. The number of ether oxygens (including phenoxy) is 1. The van der Waals surface area contributed by atoms with Gasteiger partial charge in [-0.05, 0) is 69.8 Å². The zero-order valence-corrected chi connectivity index (χ0v) is 20.7. The van der Waals surface area contributed by atoms with E-state index in [1.165, 1.54) is 0 Å². The maximum absolute atomic E-state index is 13.7. The van der Waals surface area contributed by atoms with E-state index in [0.717, 1.165) is 41.8 Å². The van der Waals surface area contributed by atoms with E-state index in [-0.39, 0.29) is 17.3 Å². The van der Waals surface area contributed by atoms with Crippen molar-refractivity contribution in [3.05, 3.63) is 81.4 Å². The number of nitrogens with one attached hydrogen (secondary N) is 2. The van der Waals surface area contributed by atoms with Gasteiger partial charge in [-0.3, -0.25) is 14.2 Å². The van der Waals surface area contributed by atoms with Crippen molar-refractivity contribution in [1.82, 2.24) is 14.9 Å². The van der Waals surface area contributed by atoms with Crippen LogP contribution in [0.4, 0.5) is 5.82 Å². The van der Waals surface area contributed by atoms with Crippen LogP contribution in [0.2, 0.25) is 0 Å². The summed E-state index contributed by atoms with van der Waals surface area (Å²) >= 11 is 0. The molecule has 184 valence electrons. The van der Waals surface area contributed by atoms with E-state index in [9.17, 15) is 9.59 Å². The molecule has 0 spiro atoms. The first-order valence-electron chi connectivity index (χ1n) is 11.9. The summed E-state index contributed by atoms with van der Waals surface area (Å²) in [5.74, 6) is 0.706. The number of aryl methyl sites for hydroxylation is 1. The average Bonchev–Trinajstić information content (AvgIpc) is 3.66. The Hall–Kier alpha value is -3.65. The molecule has 8 nitrogen and oxygen atoms in total. The molecule has 2 aromatic carbocycles. The molecule has 0 bridgehead atoms. The minimum Gasteiger partial charge on any atom is -0.492 e. The highest BCUT2D eigenvalue weighted by molar-refractivity contribution is 5.96. The molecule has 1 heterocycles. The van der Waals surface area contributed by atoms with Crippen molar-refractivity contribution in [2.75, 3.05) is 25.5 Å². The molecule has 0 unspecified atom stereocenters. The maximum atomic E-state index is 13.7. The van der Waals surface area contributed by atoms with Crippen molar-refractivity contribution >= 4 is 11.7 Å². The number of nitrogens with two attached hydrogens (primary N) is 1. The summed E-state index contributed by atoms with van der Waals surface area (Å²) in [6, 6.07) is 11.4. The lowest BCUT2D eigenvalue weighted by atomic mass is 9.93. The van der Waals surface area contributed by atoms with E-state index in [1.807, 2.05) is 58.2 Å². The van der Waals surface area contributed by atoms with Crippen molar-refractivity contribution in [3.8, 4) is 11.4 Å². The summed E-state index contributed by atoms with van der Waals surface area (Å²) in [4.78, 5) is 30.2. The lowest BCUT2D eigenvalue weighted by molar-refractivity contribution is 0.0999. The normalized spacial score (nSPS) is 13.5. The number of likely N-dealkylation sites (N-methyl/N-ethyl adjacent to an activating group) is 1. The molecule has 0 saturated heterocycles. The van der Waals surface area contributed by atoms with Crippen LogP contribution in [0.3, 0.4) is 0 Å². The van der Waals surface area contributed by atoms with Crippen LogP contribution in [0.25, 0.3) is 5.69 Å². The average molecular weight is 476 g/mol. The number of benzene rings is 2. The lowest BCUT2D eigenvalue weighted by Crippen LogP contribution is -2.34. The summed E-state index contributed by atoms with van der Waals surface area (Å²) in [5.41, 5.74) is 8.60. The monoisotopic (exact) mass is 475 g/mol. The zero-order valence-electron chi connectivity index (χ0n) is 20.7. The number of anilines is 1. The Morgan fingerprint density at radius 1 is 1.23 bits per heavy atom. The molecule has 1 aliphatic carbocycles.